The van der Waals surface area contributed by atoms with Crippen LogP contribution in [0.15, 0.2) is 48.7 Å². The van der Waals surface area contributed by atoms with Gasteiger partial charge in [-0.1, -0.05) is 42.0 Å². The number of aromatic nitrogens is 2. The van der Waals surface area contributed by atoms with Gasteiger partial charge in [0.25, 0.3) is 0 Å². The number of aryl methyl sites for hydroxylation is 3. The number of nitrogens with zero attached hydrogens (tertiary/aromatic N) is 2. The van der Waals surface area contributed by atoms with Gasteiger partial charge < -0.3 is 10.5 Å². The quantitative estimate of drug-likeness (QED) is 0.753. The molecule has 0 aliphatic carbocycles. The number of carbonyl (C=O) groups is 1. The minimum atomic E-state index is -0.764. The predicted molar refractivity (Wildman–Crippen MR) is 102 cm³/mol. The highest BCUT2D eigenvalue weighted by Gasteiger charge is 2.08. The van der Waals surface area contributed by atoms with Crippen molar-refractivity contribution < 1.29 is 9.53 Å². The van der Waals surface area contributed by atoms with Crippen LogP contribution in [0, 0.1) is 20.8 Å². The van der Waals surface area contributed by atoms with Gasteiger partial charge in [0.15, 0.2) is 0 Å². The Kier molecular flexibility index (Phi) is 5.07. The SMILES string of the molecule is Cc1ccc(-c2ccn(Cc3ccc(C)c(COC(N)=O)c3)n2)c(C)c1. The molecule has 0 fully saturated rings. The Hall–Kier alpha value is -3.08. The van der Waals surface area contributed by atoms with Crippen LogP contribution in [0.1, 0.15) is 27.8 Å². The third-order valence-corrected chi connectivity index (χ3v) is 4.43. The molecule has 5 heteroatoms. The second kappa shape index (κ2) is 7.44. The van der Waals surface area contributed by atoms with Gasteiger partial charge in [-0.15, -0.1) is 0 Å². The lowest BCUT2D eigenvalue weighted by molar-refractivity contribution is 0.150. The summed E-state index contributed by atoms with van der Waals surface area (Å²) in [6.07, 6.45) is 1.22. The number of hydrogen-bond donors (Lipinski definition) is 1. The number of benzene rings is 2. The molecule has 2 aromatic carbocycles. The number of ether oxygens (including phenoxy) is 1. The Morgan fingerprint density at radius 2 is 1.88 bits per heavy atom. The number of primary amides is 1. The molecule has 0 bridgehead atoms. The van der Waals surface area contributed by atoms with Crippen LogP contribution in [-0.2, 0) is 17.9 Å². The highest BCUT2D eigenvalue weighted by Crippen LogP contribution is 2.23. The second-order valence-corrected chi connectivity index (χ2v) is 6.59. The van der Waals surface area contributed by atoms with Crippen LogP contribution in [-0.4, -0.2) is 15.9 Å². The maximum absolute atomic E-state index is 10.8. The summed E-state index contributed by atoms with van der Waals surface area (Å²) in [6.45, 7) is 7.00. The van der Waals surface area contributed by atoms with E-state index in [0.29, 0.717) is 6.54 Å². The Morgan fingerprint density at radius 1 is 1.08 bits per heavy atom. The maximum atomic E-state index is 10.8. The van der Waals surface area contributed by atoms with Crippen LogP contribution in [0.25, 0.3) is 11.3 Å². The van der Waals surface area contributed by atoms with E-state index in [1.807, 2.05) is 36.0 Å². The molecule has 0 aliphatic rings. The molecule has 26 heavy (non-hydrogen) atoms. The smallest absolute Gasteiger partial charge is 0.404 e. The molecule has 0 atom stereocenters. The lowest BCUT2D eigenvalue weighted by atomic mass is 10.0. The summed E-state index contributed by atoms with van der Waals surface area (Å²) in [6, 6.07) is 14.5. The minimum Gasteiger partial charge on any atom is -0.445 e. The van der Waals surface area contributed by atoms with Gasteiger partial charge in [0.1, 0.15) is 6.61 Å². The Morgan fingerprint density at radius 3 is 2.62 bits per heavy atom. The van der Waals surface area contributed by atoms with Crippen molar-refractivity contribution in [3.05, 3.63) is 76.5 Å². The van der Waals surface area contributed by atoms with E-state index in [-0.39, 0.29) is 6.61 Å². The summed E-state index contributed by atoms with van der Waals surface area (Å²) < 4.78 is 6.83. The zero-order chi connectivity index (χ0) is 18.7. The fourth-order valence-electron chi connectivity index (χ4n) is 3.01. The fourth-order valence-corrected chi connectivity index (χ4v) is 3.01. The fraction of sp³-hybridized carbons (Fsp3) is 0.238. The van der Waals surface area contributed by atoms with Crippen molar-refractivity contribution in [3.63, 3.8) is 0 Å². The van der Waals surface area contributed by atoms with E-state index in [4.69, 9.17) is 15.6 Å². The Balaban J connectivity index is 1.79. The normalized spacial score (nSPS) is 10.7. The van der Waals surface area contributed by atoms with E-state index in [1.165, 1.54) is 11.1 Å². The van der Waals surface area contributed by atoms with Crippen molar-refractivity contribution in [1.29, 1.82) is 0 Å². The van der Waals surface area contributed by atoms with Crippen LogP contribution < -0.4 is 5.73 Å². The van der Waals surface area contributed by atoms with Crippen molar-refractivity contribution in [3.8, 4) is 11.3 Å². The molecule has 1 aromatic heterocycles. The van der Waals surface area contributed by atoms with Crippen molar-refractivity contribution in [2.24, 2.45) is 5.73 Å². The van der Waals surface area contributed by atoms with Crippen LogP contribution in [0.2, 0.25) is 0 Å². The zero-order valence-corrected chi connectivity index (χ0v) is 15.3. The first-order valence-electron chi connectivity index (χ1n) is 8.54. The van der Waals surface area contributed by atoms with E-state index in [9.17, 15) is 4.79 Å². The third kappa shape index (κ3) is 4.11. The minimum absolute atomic E-state index is 0.182. The largest absolute Gasteiger partial charge is 0.445 e. The Labute approximate surface area is 153 Å². The molecule has 0 unspecified atom stereocenters. The molecule has 134 valence electrons. The van der Waals surface area contributed by atoms with Gasteiger partial charge in [0.2, 0.25) is 0 Å². The Bertz CT molecular complexity index is 944. The summed E-state index contributed by atoms with van der Waals surface area (Å²) in [4.78, 5) is 10.8. The molecule has 1 heterocycles. The van der Waals surface area contributed by atoms with E-state index < -0.39 is 6.09 Å². The van der Waals surface area contributed by atoms with Gasteiger partial charge in [-0.2, -0.15) is 5.10 Å². The summed E-state index contributed by atoms with van der Waals surface area (Å²) in [7, 11) is 0. The predicted octanol–water partition coefficient (Wildman–Crippen LogP) is 4.12. The van der Waals surface area contributed by atoms with Gasteiger partial charge >= 0.3 is 6.09 Å². The van der Waals surface area contributed by atoms with Gasteiger partial charge in [0, 0.05) is 11.8 Å². The molecule has 0 spiro atoms. The highest BCUT2D eigenvalue weighted by atomic mass is 16.5. The second-order valence-electron chi connectivity index (χ2n) is 6.59. The summed E-state index contributed by atoms with van der Waals surface area (Å²) in [5.41, 5.74) is 12.7. The highest BCUT2D eigenvalue weighted by molar-refractivity contribution is 5.64. The standard InChI is InChI=1S/C21H23N3O2/c1-14-4-7-19(16(3)10-14)20-8-9-24(23-20)12-17-6-5-15(2)18(11-17)13-26-21(22)25/h4-11H,12-13H2,1-3H3,(H2,22,25). The van der Waals surface area contributed by atoms with Crippen molar-refractivity contribution in [2.75, 3.05) is 0 Å². The van der Waals surface area contributed by atoms with E-state index >= 15 is 0 Å². The number of nitrogens with two attached hydrogens (primary N) is 1. The van der Waals surface area contributed by atoms with Crippen LogP contribution in [0.3, 0.4) is 0 Å². The summed E-state index contributed by atoms with van der Waals surface area (Å²) in [5.74, 6) is 0. The molecule has 0 aliphatic heterocycles. The number of rotatable bonds is 5. The number of carbonyl (C=O) groups excluding carboxylic acids is 1. The molecule has 1 amide bonds. The number of amides is 1. The lowest BCUT2D eigenvalue weighted by Crippen LogP contribution is -2.13. The van der Waals surface area contributed by atoms with Crippen molar-refractivity contribution >= 4 is 6.09 Å². The first kappa shape index (κ1) is 17.7. The van der Waals surface area contributed by atoms with E-state index in [1.54, 1.807) is 0 Å². The molecule has 2 N–H and O–H groups in total. The molecule has 0 saturated carbocycles. The topological polar surface area (TPSA) is 70.1 Å². The average molecular weight is 349 g/mol. The van der Waals surface area contributed by atoms with E-state index in [0.717, 1.165) is 27.9 Å². The summed E-state index contributed by atoms with van der Waals surface area (Å²) in [5, 5.41) is 4.70. The molecule has 5 nitrogen and oxygen atoms in total. The molecular weight excluding hydrogens is 326 g/mol. The average Bonchev–Trinajstić information content (AvgIpc) is 3.03. The molecule has 0 radical (unpaired) electrons. The van der Waals surface area contributed by atoms with Crippen LogP contribution in [0.4, 0.5) is 4.79 Å². The van der Waals surface area contributed by atoms with Crippen molar-refractivity contribution in [2.45, 2.75) is 33.9 Å². The first-order chi connectivity index (χ1) is 12.4. The van der Waals surface area contributed by atoms with Gasteiger partial charge in [0.05, 0.1) is 12.2 Å². The van der Waals surface area contributed by atoms with Gasteiger partial charge in [-0.05, 0) is 49.1 Å². The van der Waals surface area contributed by atoms with E-state index in [2.05, 4.69) is 38.1 Å². The summed E-state index contributed by atoms with van der Waals surface area (Å²) >= 11 is 0. The van der Waals surface area contributed by atoms with Gasteiger partial charge in [-0.25, -0.2) is 4.79 Å². The first-order valence-corrected chi connectivity index (χ1v) is 8.54. The number of hydrogen-bond acceptors (Lipinski definition) is 3. The molecule has 3 rings (SSSR count). The third-order valence-electron chi connectivity index (χ3n) is 4.43. The van der Waals surface area contributed by atoms with Crippen LogP contribution >= 0.6 is 0 Å². The van der Waals surface area contributed by atoms with Crippen molar-refractivity contribution in [1.82, 2.24) is 9.78 Å². The maximum Gasteiger partial charge on any atom is 0.404 e. The lowest BCUT2D eigenvalue weighted by Gasteiger charge is -2.09. The molecular formula is C21H23N3O2. The molecule has 0 saturated heterocycles. The zero-order valence-electron chi connectivity index (χ0n) is 15.3. The van der Waals surface area contributed by atoms with Gasteiger partial charge in [-0.3, -0.25) is 4.68 Å². The molecule has 3 aromatic rings. The van der Waals surface area contributed by atoms with Crippen LogP contribution in [0.5, 0.6) is 0 Å². The monoisotopic (exact) mass is 349 g/mol.